The molecular weight excluding hydrogens is 214 g/mol. The van der Waals surface area contributed by atoms with Crippen LogP contribution in [0, 0.1) is 11.8 Å². The highest BCUT2D eigenvalue weighted by Crippen LogP contribution is 2.23. The van der Waals surface area contributed by atoms with Gasteiger partial charge in [0.15, 0.2) is 0 Å². The number of rotatable bonds is 4. The molecule has 15 heavy (non-hydrogen) atoms. The molecule has 1 atom stereocenters. The largest absolute Gasteiger partial charge is 0.393 e. The molecule has 1 aliphatic rings. The van der Waals surface area contributed by atoms with Crippen LogP contribution in [0.4, 0.5) is 0 Å². The Morgan fingerprint density at radius 1 is 1.47 bits per heavy atom. The Morgan fingerprint density at radius 3 is 2.60 bits per heavy atom. The third-order valence-electron chi connectivity index (χ3n) is 3.06. The van der Waals surface area contributed by atoms with Gasteiger partial charge in [0.05, 0.1) is 6.10 Å². The van der Waals surface area contributed by atoms with E-state index in [1.807, 2.05) is 6.92 Å². The summed E-state index contributed by atoms with van der Waals surface area (Å²) in [7, 11) is 0. The number of amides is 1. The summed E-state index contributed by atoms with van der Waals surface area (Å²) in [6, 6.07) is 0. The minimum absolute atomic E-state index is 0.0381. The quantitative estimate of drug-likeness (QED) is 0.724. The monoisotopic (exact) mass is 233 g/mol. The van der Waals surface area contributed by atoms with Gasteiger partial charge in [0.2, 0.25) is 5.91 Å². The van der Waals surface area contributed by atoms with E-state index >= 15 is 0 Å². The summed E-state index contributed by atoms with van der Waals surface area (Å²) in [5, 5.41) is 12.2. The number of aliphatic hydroxyl groups is 1. The summed E-state index contributed by atoms with van der Waals surface area (Å²) in [6.45, 7) is 2.56. The Labute approximate surface area is 96.2 Å². The average Bonchev–Trinajstić information content (AvgIpc) is 2.26. The molecule has 0 aliphatic heterocycles. The van der Waals surface area contributed by atoms with Gasteiger partial charge < -0.3 is 10.4 Å². The number of alkyl halides is 1. The van der Waals surface area contributed by atoms with E-state index in [2.05, 4.69) is 5.32 Å². The van der Waals surface area contributed by atoms with Gasteiger partial charge in [-0.3, -0.25) is 4.79 Å². The highest BCUT2D eigenvalue weighted by Gasteiger charge is 2.20. The number of carbonyl (C=O) groups excluding carboxylic acids is 1. The van der Waals surface area contributed by atoms with Crippen molar-refractivity contribution < 1.29 is 9.90 Å². The Balaban J connectivity index is 2.17. The molecule has 4 heteroatoms. The lowest BCUT2D eigenvalue weighted by molar-refractivity contribution is -0.124. The van der Waals surface area contributed by atoms with Gasteiger partial charge >= 0.3 is 0 Å². The zero-order chi connectivity index (χ0) is 11.3. The van der Waals surface area contributed by atoms with Crippen molar-refractivity contribution in [3.63, 3.8) is 0 Å². The van der Waals surface area contributed by atoms with Crippen LogP contribution in [0.2, 0.25) is 0 Å². The predicted octanol–water partition coefficient (Wildman–Crippen LogP) is 1.53. The van der Waals surface area contributed by atoms with Gasteiger partial charge in [-0.2, -0.15) is 0 Å². The number of hydrogen-bond donors (Lipinski definition) is 2. The van der Waals surface area contributed by atoms with Crippen molar-refractivity contribution in [2.45, 2.75) is 38.7 Å². The maximum Gasteiger partial charge on any atom is 0.224 e. The molecule has 0 heterocycles. The maximum absolute atomic E-state index is 11.4. The third-order valence-corrected chi connectivity index (χ3v) is 3.52. The summed E-state index contributed by atoms with van der Waals surface area (Å²) < 4.78 is 0. The van der Waals surface area contributed by atoms with Gasteiger partial charge in [0, 0.05) is 18.3 Å². The number of hydrogen-bond acceptors (Lipinski definition) is 2. The van der Waals surface area contributed by atoms with Gasteiger partial charge in [-0.25, -0.2) is 0 Å². The zero-order valence-electron chi connectivity index (χ0n) is 9.21. The van der Waals surface area contributed by atoms with E-state index < -0.39 is 0 Å². The van der Waals surface area contributed by atoms with Gasteiger partial charge in [-0.15, -0.1) is 11.6 Å². The average molecular weight is 234 g/mol. The molecule has 1 unspecified atom stereocenters. The number of carbonyl (C=O) groups is 1. The number of aliphatic hydroxyl groups excluding tert-OH is 1. The van der Waals surface area contributed by atoms with Gasteiger partial charge in [-0.1, -0.05) is 6.92 Å². The minimum Gasteiger partial charge on any atom is -0.393 e. The molecule has 0 aromatic carbocycles. The van der Waals surface area contributed by atoms with Crippen LogP contribution in [0.15, 0.2) is 0 Å². The summed E-state index contributed by atoms with van der Waals surface area (Å²) in [4.78, 5) is 11.4. The van der Waals surface area contributed by atoms with E-state index in [9.17, 15) is 9.90 Å². The fourth-order valence-corrected chi connectivity index (χ4v) is 1.98. The molecule has 0 saturated heterocycles. The van der Waals surface area contributed by atoms with Gasteiger partial charge in [0.1, 0.15) is 0 Å². The maximum atomic E-state index is 11.4. The Bertz CT molecular complexity index is 203. The van der Waals surface area contributed by atoms with Crippen LogP contribution < -0.4 is 5.32 Å². The molecule has 3 nitrogen and oxygen atoms in total. The Hall–Kier alpha value is -0.280. The topological polar surface area (TPSA) is 49.3 Å². The Morgan fingerprint density at radius 2 is 2.07 bits per heavy atom. The fraction of sp³-hybridized carbons (Fsp3) is 0.909. The van der Waals surface area contributed by atoms with Crippen molar-refractivity contribution in [2.75, 3.05) is 12.4 Å². The van der Waals surface area contributed by atoms with E-state index in [4.69, 9.17) is 11.6 Å². The number of halogens is 1. The van der Waals surface area contributed by atoms with E-state index in [1.165, 1.54) is 0 Å². The second-order valence-corrected chi connectivity index (χ2v) is 4.78. The first-order chi connectivity index (χ1) is 7.13. The van der Waals surface area contributed by atoms with Crippen molar-refractivity contribution >= 4 is 17.5 Å². The van der Waals surface area contributed by atoms with Crippen LogP contribution in [0.3, 0.4) is 0 Å². The molecule has 0 bridgehead atoms. The molecule has 88 valence electrons. The smallest absolute Gasteiger partial charge is 0.224 e. The van der Waals surface area contributed by atoms with Crippen molar-refractivity contribution in [1.29, 1.82) is 0 Å². The summed E-state index contributed by atoms with van der Waals surface area (Å²) in [5.74, 6) is 0.826. The Kier molecular flexibility index (Phi) is 5.40. The van der Waals surface area contributed by atoms with Gasteiger partial charge in [0.25, 0.3) is 0 Å². The van der Waals surface area contributed by atoms with E-state index in [-0.39, 0.29) is 17.9 Å². The number of nitrogens with one attached hydrogen (secondary N) is 1. The molecule has 0 aromatic rings. The van der Waals surface area contributed by atoms with Crippen molar-refractivity contribution in [3.05, 3.63) is 0 Å². The lowest BCUT2D eigenvalue weighted by Gasteiger charge is -2.25. The van der Waals surface area contributed by atoms with Crippen molar-refractivity contribution in [2.24, 2.45) is 11.8 Å². The van der Waals surface area contributed by atoms with Crippen LogP contribution in [0.25, 0.3) is 0 Å². The van der Waals surface area contributed by atoms with Crippen LogP contribution in [0.5, 0.6) is 0 Å². The summed E-state index contributed by atoms with van der Waals surface area (Å²) in [6.07, 6.45) is 3.63. The van der Waals surface area contributed by atoms with Crippen molar-refractivity contribution in [1.82, 2.24) is 5.32 Å². The molecule has 1 aliphatic carbocycles. The highest BCUT2D eigenvalue weighted by atomic mass is 35.5. The normalized spacial score (nSPS) is 28.5. The summed E-state index contributed by atoms with van der Waals surface area (Å²) >= 11 is 5.59. The standard InChI is InChI=1S/C11H20ClNO2/c1-8(6-12)11(15)13-7-9-2-4-10(14)5-3-9/h8-10,14H,2-7H2,1H3,(H,13,15). The first kappa shape index (κ1) is 12.8. The fourth-order valence-electron chi connectivity index (χ4n) is 1.84. The van der Waals surface area contributed by atoms with Crippen LogP contribution in [-0.2, 0) is 4.79 Å². The highest BCUT2D eigenvalue weighted by molar-refractivity contribution is 6.19. The lowest BCUT2D eigenvalue weighted by atomic mass is 9.87. The third kappa shape index (κ3) is 4.39. The second-order valence-electron chi connectivity index (χ2n) is 4.48. The molecule has 0 aromatic heterocycles. The van der Waals surface area contributed by atoms with Crippen LogP contribution >= 0.6 is 11.6 Å². The molecule has 1 saturated carbocycles. The molecule has 0 spiro atoms. The van der Waals surface area contributed by atoms with Crippen molar-refractivity contribution in [3.8, 4) is 0 Å². The predicted molar refractivity (Wildman–Crippen MR) is 60.9 cm³/mol. The minimum atomic E-state index is -0.126. The van der Waals surface area contributed by atoms with E-state index in [0.717, 1.165) is 32.2 Å². The van der Waals surface area contributed by atoms with E-state index in [1.54, 1.807) is 0 Å². The molecule has 0 radical (unpaired) electrons. The molecule has 2 N–H and O–H groups in total. The summed E-state index contributed by atoms with van der Waals surface area (Å²) in [5.41, 5.74) is 0. The SMILES string of the molecule is CC(CCl)C(=O)NCC1CCC(O)CC1. The first-order valence-corrected chi connectivity index (χ1v) is 6.18. The lowest BCUT2D eigenvalue weighted by Crippen LogP contribution is -2.35. The van der Waals surface area contributed by atoms with E-state index in [0.29, 0.717) is 11.8 Å². The first-order valence-electron chi connectivity index (χ1n) is 5.65. The molecule has 1 fully saturated rings. The molecule has 1 rings (SSSR count). The van der Waals surface area contributed by atoms with Crippen LogP contribution in [-0.4, -0.2) is 29.5 Å². The molecular formula is C11H20ClNO2. The molecule has 1 amide bonds. The zero-order valence-corrected chi connectivity index (χ0v) is 9.96. The van der Waals surface area contributed by atoms with Gasteiger partial charge in [-0.05, 0) is 31.6 Å². The van der Waals surface area contributed by atoms with Crippen LogP contribution in [0.1, 0.15) is 32.6 Å². The second kappa shape index (κ2) is 6.33.